The first-order valence-electron chi connectivity index (χ1n) is 5.47. The zero-order chi connectivity index (χ0) is 12.5. The van der Waals surface area contributed by atoms with E-state index in [2.05, 4.69) is 36.1 Å². The van der Waals surface area contributed by atoms with E-state index < -0.39 is 0 Å². The molecule has 6 heteroatoms. The molecule has 0 amide bonds. The summed E-state index contributed by atoms with van der Waals surface area (Å²) in [6.07, 6.45) is 0. The van der Waals surface area contributed by atoms with Crippen LogP contribution in [-0.2, 0) is 0 Å². The van der Waals surface area contributed by atoms with Crippen molar-refractivity contribution in [3.8, 4) is 0 Å². The molecule has 0 saturated heterocycles. The van der Waals surface area contributed by atoms with Crippen LogP contribution >= 0.6 is 15.9 Å². The Bertz CT molecular complexity index is 661. The minimum atomic E-state index is -0.00291. The van der Waals surface area contributed by atoms with Gasteiger partial charge in [-0.1, -0.05) is 0 Å². The molecule has 1 N–H and O–H groups in total. The normalized spacial score (nSPS) is 14.1. The van der Waals surface area contributed by atoms with Gasteiger partial charge in [0.2, 0.25) is 0 Å². The van der Waals surface area contributed by atoms with Gasteiger partial charge < -0.3 is 0 Å². The van der Waals surface area contributed by atoms with Gasteiger partial charge in [-0.3, -0.25) is 0 Å². The van der Waals surface area contributed by atoms with Crippen LogP contribution in [0, 0.1) is 0 Å². The molecule has 1 aromatic heterocycles. The third-order valence-electron chi connectivity index (χ3n) is 2.68. The summed E-state index contributed by atoms with van der Waals surface area (Å²) < 4.78 is 15.1. The van der Waals surface area contributed by atoms with Crippen molar-refractivity contribution in [3.05, 3.63) is 40.8 Å². The van der Waals surface area contributed by atoms with E-state index in [0.717, 1.165) is 27.5 Å². The van der Waals surface area contributed by atoms with Crippen LogP contribution in [0.4, 0.5) is 17.1 Å². The number of rotatable bonds is 3. The number of anilines is 1. The van der Waals surface area contributed by atoms with Gasteiger partial charge >= 0.3 is 119 Å². The Morgan fingerprint density at radius 2 is 2.17 bits per heavy atom. The molecule has 4 nitrogen and oxygen atoms in total. The molecule has 0 saturated carbocycles. The van der Waals surface area contributed by atoms with Crippen LogP contribution in [0.2, 0.25) is 0 Å². The van der Waals surface area contributed by atoms with E-state index in [9.17, 15) is 0 Å². The average molecular weight is 371 g/mol. The van der Waals surface area contributed by atoms with Crippen molar-refractivity contribution in [2.45, 2.75) is 13.0 Å². The van der Waals surface area contributed by atoms with Gasteiger partial charge in [0.25, 0.3) is 0 Å². The first-order valence-corrected chi connectivity index (χ1v) is 7.79. The number of furan rings is 1. The van der Waals surface area contributed by atoms with Crippen molar-refractivity contribution in [1.82, 2.24) is 0 Å². The van der Waals surface area contributed by atoms with Gasteiger partial charge in [-0.05, 0) is 0 Å². The van der Waals surface area contributed by atoms with Gasteiger partial charge in [0.15, 0.2) is 0 Å². The second-order valence-corrected chi connectivity index (χ2v) is 5.84. The predicted octanol–water partition coefficient (Wildman–Crippen LogP) is 4.56. The van der Waals surface area contributed by atoms with E-state index in [-0.39, 0.29) is 20.6 Å². The predicted molar refractivity (Wildman–Crippen MR) is 74.8 cm³/mol. The third-order valence-corrected chi connectivity index (χ3v) is 4.24. The van der Waals surface area contributed by atoms with E-state index in [1.54, 1.807) is 0 Å². The van der Waals surface area contributed by atoms with E-state index in [1.807, 2.05) is 30.3 Å². The fraction of sp³-hybridized carbons (Fsp3) is 0.167. The van der Waals surface area contributed by atoms with Gasteiger partial charge in [-0.2, -0.15) is 0 Å². The number of fused-ring (bicyclic) bond motifs is 1. The van der Waals surface area contributed by atoms with Crippen molar-refractivity contribution in [3.63, 3.8) is 0 Å². The molecule has 1 aliphatic heterocycles. The van der Waals surface area contributed by atoms with Crippen LogP contribution in [0.1, 0.15) is 18.7 Å². The Balaban J connectivity index is 1.86. The van der Waals surface area contributed by atoms with E-state index in [4.69, 9.17) is 4.42 Å². The molecular formula is C12H10BrN3OSe. The second kappa shape index (κ2) is 4.88. The average Bonchev–Trinajstić information content (AvgIpc) is 2.97. The minimum absolute atomic E-state index is 0.00291. The molecule has 2 heterocycles. The zero-order valence-corrected chi connectivity index (χ0v) is 12.9. The molecule has 0 bridgehead atoms. The first-order chi connectivity index (χ1) is 8.74. The number of hydrogen-bond donors (Lipinski definition) is 1. The van der Waals surface area contributed by atoms with Crippen molar-refractivity contribution in [2.75, 3.05) is 5.32 Å². The first kappa shape index (κ1) is 12.0. The molecule has 0 radical (unpaired) electrons. The maximum absolute atomic E-state index is 5.54. The third kappa shape index (κ3) is 2.23. The van der Waals surface area contributed by atoms with Crippen molar-refractivity contribution in [2.24, 2.45) is 7.92 Å². The molecule has 1 aliphatic rings. The van der Waals surface area contributed by atoms with Crippen molar-refractivity contribution >= 4 is 47.6 Å². The van der Waals surface area contributed by atoms with E-state index in [1.165, 1.54) is 0 Å². The number of halogens is 1. The van der Waals surface area contributed by atoms with Crippen LogP contribution in [0.5, 0.6) is 0 Å². The molecule has 1 unspecified atom stereocenters. The molecule has 1 atom stereocenters. The Labute approximate surface area is 119 Å². The van der Waals surface area contributed by atoms with Gasteiger partial charge in [0, 0.05) is 0 Å². The van der Waals surface area contributed by atoms with Gasteiger partial charge in [-0.25, -0.2) is 0 Å². The van der Waals surface area contributed by atoms with Gasteiger partial charge in [-0.15, -0.1) is 0 Å². The summed E-state index contributed by atoms with van der Waals surface area (Å²) in [7, 11) is 0. The summed E-state index contributed by atoms with van der Waals surface area (Å²) in [4.78, 5) is 0. The van der Waals surface area contributed by atoms with Crippen molar-refractivity contribution in [1.29, 1.82) is 0 Å². The Morgan fingerprint density at radius 1 is 1.28 bits per heavy atom. The van der Waals surface area contributed by atoms with Crippen LogP contribution < -0.4 is 5.32 Å². The fourth-order valence-corrected chi connectivity index (χ4v) is 3.26. The SMILES string of the molecule is CC(Nc1cccc2c1N=[Se]=N2)c1ccc(Br)o1. The zero-order valence-electron chi connectivity index (χ0n) is 9.55. The fourth-order valence-electron chi connectivity index (χ4n) is 1.79. The summed E-state index contributed by atoms with van der Waals surface area (Å²) in [6.45, 7) is 2.06. The van der Waals surface area contributed by atoms with Gasteiger partial charge in [0.1, 0.15) is 0 Å². The molecule has 0 spiro atoms. The maximum atomic E-state index is 5.54. The molecule has 2 aromatic rings. The summed E-state index contributed by atoms with van der Waals surface area (Å²) in [5, 5.41) is 3.41. The molecule has 0 fully saturated rings. The van der Waals surface area contributed by atoms with E-state index in [0.29, 0.717) is 0 Å². The molecule has 0 aliphatic carbocycles. The molecule has 92 valence electrons. The monoisotopic (exact) mass is 371 g/mol. The number of benzene rings is 1. The molecule has 1 aromatic carbocycles. The Hall–Kier alpha value is -1.10. The number of nitrogens with zero attached hydrogens (tertiary/aromatic N) is 2. The molecule has 18 heavy (non-hydrogen) atoms. The van der Waals surface area contributed by atoms with E-state index >= 15 is 0 Å². The number of hydrogen-bond acceptors (Lipinski definition) is 4. The molecular weight excluding hydrogens is 361 g/mol. The number of nitrogens with one attached hydrogen (secondary N) is 1. The Kier molecular flexibility index (Phi) is 3.24. The van der Waals surface area contributed by atoms with Crippen LogP contribution in [0.3, 0.4) is 0 Å². The Morgan fingerprint density at radius 3 is 2.94 bits per heavy atom. The molecule has 3 rings (SSSR count). The summed E-state index contributed by atoms with van der Waals surface area (Å²) >= 11 is 3.31. The quantitative estimate of drug-likeness (QED) is 0.687. The second-order valence-electron chi connectivity index (χ2n) is 3.95. The van der Waals surface area contributed by atoms with Crippen molar-refractivity contribution < 1.29 is 4.42 Å². The topological polar surface area (TPSA) is 49.9 Å². The summed E-state index contributed by atoms with van der Waals surface area (Å²) in [6, 6.07) is 9.95. The standard InChI is InChI=1S/C12H10BrN3OSe/c1-7(10-5-6-11(13)17-10)14-8-3-2-4-9-12(8)16-18-15-9/h2-7,14H,1H3. The van der Waals surface area contributed by atoms with Crippen LogP contribution in [0.15, 0.2) is 47.3 Å². The van der Waals surface area contributed by atoms with Gasteiger partial charge in [0.05, 0.1) is 0 Å². The summed E-state index contributed by atoms with van der Waals surface area (Å²) in [5.74, 6) is 0.889. The summed E-state index contributed by atoms with van der Waals surface area (Å²) in [5.41, 5.74) is 2.96. The van der Waals surface area contributed by atoms with Crippen LogP contribution in [-0.4, -0.2) is 14.6 Å². The van der Waals surface area contributed by atoms with Crippen LogP contribution in [0.25, 0.3) is 0 Å².